The Bertz CT molecular complexity index is 1210. The van der Waals surface area contributed by atoms with Gasteiger partial charge in [-0.15, -0.1) is 0 Å². The highest BCUT2D eigenvalue weighted by Crippen LogP contribution is 2.27. The van der Waals surface area contributed by atoms with Crippen LogP contribution >= 0.6 is 0 Å². The minimum Gasteiger partial charge on any atom is -0.344 e. The van der Waals surface area contributed by atoms with Gasteiger partial charge in [-0.3, -0.25) is 14.4 Å². The first-order chi connectivity index (χ1) is 17.8. The number of hydrogen-bond donors (Lipinski definition) is 2. The molecule has 11 nitrogen and oxygen atoms in total. The molecule has 2 amide bonds. The number of nitrogens with zero attached hydrogens (tertiary/aromatic N) is 4. The summed E-state index contributed by atoms with van der Waals surface area (Å²) >= 11 is 0. The zero-order valence-electron chi connectivity index (χ0n) is 21.0. The van der Waals surface area contributed by atoms with Gasteiger partial charge in [0.2, 0.25) is 5.91 Å². The number of imidazole rings is 1. The van der Waals surface area contributed by atoms with E-state index in [1.54, 1.807) is 29.9 Å². The number of ketones is 1. The second-order valence-corrected chi connectivity index (χ2v) is 11.7. The average molecular weight is 531 g/mol. The van der Waals surface area contributed by atoms with Crippen molar-refractivity contribution in [3.8, 4) is 0 Å². The van der Waals surface area contributed by atoms with Crippen molar-refractivity contribution in [3.05, 3.63) is 42.6 Å². The van der Waals surface area contributed by atoms with Crippen LogP contribution in [0.3, 0.4) is 0 Å². The molecule has 1 aliphatic carbocycles. The molecular weight excluding hydrogens is 496 g/mol. The average Bonchev–Trinajstić information content (AvgIpc) is 3.24. The largest absolute Gasteiger partial charge is 0.344 e. The van der Waals surface area contributed by atoms with Crippen LogP contribution in [0, 0.1) is 5.92 Å². The van der Waals surface area contributed by atoms with Gasteiger partial charge in [0.1, 0.15) is 6.04 Å². The molecule has 2 atom stereocenters. The van der Waals surface area contributed by atoms with Crippen molar-refractivity contribution in [2.75, 3.05) is 13.1 Å². The van der Waals surface area contributed by atoms with Crippen LogP contribution in [0.5, 0.6) is 0 Å². The summed E-state index contributed by atoms with van der Waals surface area (Å²) in [5.41, 5.74) is 0. The molecule has 37 heavy (non-hydrogen) atoms. The van der Waals surface area contributed by atoms with Crippen LogP contribution < -0.4 is 10.6 Å². The lowest BCUT2D eigenvalue weighted by molar-refractivity contribution is -0.129. The molecule has 2 aromatic heterocycles. The normalized spacial score (nSPS) is 20.7. The van der Waals surface area contributed by atoms with Crippen molar-refractivity contribution in [2.45, 2.75) is 68.5 Å². The maximum atomic E-state index is 13.4. The van der Waals surface area contributed by atoms with E-state index in [0.717, 1.165) is 30.0 Å². The van der Waals surface area contributed by atoms with Crippen molar-refractivity contribution in [2.24, 2.45) is 13.0 Å². The monoisotopic (exact) mass is 530 g/mol. The summed E-state index contributed by atoms with van der Waals surface area (Å²) in [4.78, 5) is 47.3. The molecule has 0 radical (unpaired) electrons. The number of sulfonamides is 1. The zero-order valence-corrected chi connectivity index (χ0v) is 21.8. The minimum absolute atomic E-state index is 0.116. The Morgan fingerprint density at radius 3 is 2.54 bits per heavy atom. The Morgan fingerprint density at radius 2 is 1.86 bits per heavy atom. The van der Waals surface area contributed by atoms with Gasteiger partial charge < -0.3 is 15.2 Å². The number of hydrogen-bond acceptors (Lipinski definition) is 7. The number of carbonyl (C=O) groups is 3. The van der Waals surface area contributed by atoms with Gasteiger partial charge in [0, 0.05) is 32.2 Å². The lowest BCUT2D eigenvalue weighted by atomic mass is 9.84. The summed E-state index contributed by atoms with van der Waals surface area (Å²) in [6.07, 6.45) is 11.1. The van der Waals surface area contributed by atoms with Gasteiger partial charge in [0.25, 0.3) is 15.9 Å². The van der Waals surface area contributed by atoms with Crippen LogP contribution in [-0.2, 0) is 26.7 Å². The Labute approximate surface area is 217 Å². The summed E-state index contributed by atoms with van der Waals surface area (Å²) in [6.45, 7) is -0.199. The summed E-state index contributed by atoms with van der Waals surface area (Å²) in [6, 6.07) is 2.93. The van der Waals surface area contributed by atoms with Gasteiger partial charge in [-0.05, 0) is 37.3 Å². The van der Waals surface area contributed by atoms with Gasteiger partial charge in [-0.2, -0.15) is 4.31 Å². The Hall–Kier alpha value is -3.12. The zero-order chi connectivity index (χ0) is 26.4. The van der Waals surface area contributed by atoms with Gasteiger partial charge in [-0.25, -0.2) is 18.4 Å². The fourth-order valence-corrected chi connectivity index (χ4v) is 6.43. The lowest BCUT2D eigenvalue weighted by Crippen LogP contribution is -2.53. The van der Waals surface area contributed by atoms with Crippen molar-refractivity contribution < 1.29 is 22.8 Å². The van der Waals surface area contributed by atoms with Crippen LogP contribution in [0.2, 0.25) is 0 Å². The molecule has 12 heteroatoms. The van der Waals surface area contributed by atoms with Crippen molar-refractivity contribution >= 4 is 27.6 Å². The number of nitrogens with one attached hydrogen (secondary N) is 2. The molecule has 2 N–H and O–H groups in total. The second kappa shape index (κ2) is 12.0. The maximum Gasteiger partial charge on any atom is 0.287 e. The molecule has 4 rings (SSSR count). The number of pyridine rings is 1. The third-order valence-electron chi connectivity index (χ3n) is 7.12. The van der Waals surface area contributed by atoms with Gasteiger partial charge >= 0.3 is 0 Å². The Morgan fingerprint density at radius 1 is 1.08 bits per heavy atom. The van der Waals surface area contributed by atoms with Gasteiger partial charge in [-0.1, -0.05) is 38.2 Å². The number of carbonyl (C=O) groups excluding carboxylic acids is 3. The number of aromatic nitrogens is 3. The highest BCUT2D eigenvalue weighted by molar-refractivity contribution is 7.89. The summed E-state index contributed by atoms with van der Waals surface area (Å²) in [7, 11) is -2.23. The fraction of sp³-hybridized carbons (Fsp3) is 0.560. The molecule has 2 fully saturated rings. The maximum absolute atomic E-state index is 13.4. The first kappa shape index (κ1) is 26.9. The molecule has 0 unspecified atom stereocenters. The van der Waals surface area contributed by atoms with Crippen molar-refractivity contribution in [3.63, 3.8) is 0 Å². The standard InChI is InChI=1S/C25H34N6O5S/c1-30-15-13-27-23(30)25(34)29-20(16-18-8-3-2-4-9-18)24(33)28-19-10-7-14-31(17-21(19)32)37(35,36)22-11-5-6-12-26-22/h5-6,11-13,15,18-20H,2-4,7-10,14,16-17H2,1H3,(H,28,33)(H,29,34)/t19-,20-/m0/s1. The first-order valence-electron chi connectivity index (χ1n) is 12.8. The van der Waals surface area contributed by atoms with Crippen LogP contribution in [0.25, 0.3) is 0 Å². The summed E-state index contributed by atoms with van der Waals surface area (Å²) in [5.74, 6) is -0.787. The molecular formula is C25H34N6O5S. The van der Waals surface area contributed by atoms with E-state index in [0.29, 0.717) is 25.2 Å². The van der Waals surface area contributed by atoms with E-state index in [2.05, 4.69) is 20.6 Å². The highest BCUT2D eigenvalue weighted by atomic mass is 32.2. The fourth-order valence-electron chi connectivity index (χ4n) is 5.05. The highest BCUT2D eigenvalue weighted by Gasteiger charge is 2.35. The number of rotatable bonds is 8. The van der Waals surface area contributed by atoms with E-state index in [-0.39, 0.29) is 23.9 Å². The predicted molar refractivity (Wildman–Crippen MR) is 135 cm³/mol. The van der Waals surface area contributed by atoms with E-state index in [4.69, 9.17) is 0 Å². The molecule has 1 aliphatic heterocycles. The summed E-state index contributed by atoms with van der Waals surface area (Å²) in [5, 5.41) is 5.51. The number of aryl methyl sites for hydroxylation is 1. The van der Waals surface area contributed by atoms with Crippen LogP contribution in [-0.4, -0.2) is 70.0 Å². The first-order valence-corrected chi connectivity index (χ1v) is 14.2. The topological polar surface area (TPSA) is 143 Å². The van der Waals surface area contributed by atoms with Crippen LogP contribution in [0.4, 0.5) is 0 Å². The smallest absolute Gasteiger partial charge is 0.287 e. The number of amides is 2. The van der Waals surface area contributed by atoms with E-state index >= 15 is 0 Å². The van der Waals surface area contributed by atoms with Crippen LogP contribution in [0.15, 0.2) is 41.8 Å². The SMILES string of the molecule is Cn1ccnc1C(=O)N[C@@H](CC1CCCCC1)C(=O)N[C@H]1CCCN(S(=O)(=O)c2ccccn2)CC1=O. The third-order valence-corrected chi connectivity index (χ3v) is 8.88. The molecule has 0 spiro atoms. The summed E-state index contributed by atoms with van der Waals surface area (Å²) < 4.78 is 28.6. The van der Waals surface area contributed by atoms with Gasteiger partial charge in [0.05, 0.1) is 12.6 Å². The Balaban J connectivity index is 1.45. The molecule has 2 aliphatic rings. The minimum atomic E-state index is -3.93. The van der Waals surface area contributed by atoms with E-state index in [9.17, 15) is 22.8 Å². The quantitative estimate of drug-likeness (QED) is 0.525. The van der Waals surface area contributed by atoms with Gasteiger partial charge in [0.15, 0.2) is 16.6 Å². The van der Waals surface area contributed by atoms with E-state index in [1.165, 1.54) is 24.9 Å². The number of Topliss-reactive ketones (excluding diaryl/α,β-unsaturated/α-hetero) is 1. The van der Waals surface area contributed by atoms with E-state index in [1.807, 2.05) is 0 Å². The van der Waals surface area contributed by atoms with E-state index < -0.39 is 39.7 Å². The Kier molecular flexibility index (Phi) is 8.70. The molecule has 0 bridgehead atoms. The molecule has 0 aromatic carbocycles. The third kappa shape index (κ3) is 6.61. The molecule has 3 heterocycles. The molecule has 1 saturated heterocycles. The lowest BCUT2D eigenvalue weighted by Gasteiger charge is -2.27. The molecule has 2 aromatic rings. The molecule has 200 valence electrons. The second-order valence-electron chi connectivity index (χ2n) is 9.80. The molecule has 1 saturated carbocycles. The van der Waals surface area contributed by atoms with Crippen molar-refractivity contribution in [1.82, 2.24) is 29.5 Å². The predicted octanol–water partition coefficient (Wildman–Crippen LogP) is 1.42. The van der Waals surface area contributed by atoms with Crippen LogP contribution in [0.1, 0.15) is 62.0 Å². The van der Waals surface area contributed by atoms with Crippen molar-refractivity contribution in [1.29, 1.82) is 0 Å².